The van der Waals surface area contributed by atoms with Gasteiger partial charge in [-0.3, -0.25) is 9.59 Å². The first-order valence-corrected chi connectivity index (χ1v) is 10.8. The van der Waals surface area contributed by atoms with E-state index < -0.39 is 0 Å². The second-order valence-electron chi connectivity index (χ2n) is 7.79. The Hall–Kier alpha value is -3.60. The molecule has 32 heavy (non-hydrogen) atoms. The van der Waals surface area contributed by atoms with Gasteiger partial charge in [0.2, 0.25) is 11.8 Å². The minimum absolute atomic E-state index is 0.00612. The molecule has 0 aliphatic heterocycles. The Morgan fingerprint density at radius 1 is 0.875 bits per heavy atom. The van der Waals surface area contributed by atoms with E-state index in [1.165, 1.54) is 0 Å². The third-order valence-corrected chi connectivity index (χ3v) is 5.24. The lowest BCUT2D eigenvalue weighted by molar-refractivity contribution is -0.140. The minimum atomic E-state index is -0.113. The molecule has 0 aliphatic carbocycles. The monoisotopic (exact) mass is 430 g/mol. The summed E-state index contributed by atoms with van der Waals surface area (Å²) in [6, 6.07) is 23.4. The van der Waals surface area contributed by atoms with E-state index in [4.69, 9.17) is 4.42 Å². The van der Waals surface area contributed by atoms with Gasteiger partial charge in [-0.15, -0.1) is 6.58 Å². The van der Waals surface area contributed by atoms with Gasteiger partial charge in [0.15, 0.2) is 0 Å². The van der Waals surface area contributed by atoms with Gasteiger partial charge in [-0.05, 0) is 36.6 Å². The van der Waals surface area contributed by atoms with Crippen molar-refractivity contribution in [2.45, 2.75) is 26.3 Å². The van der Waals surface area contributed by atoms with Crippen LogP contribution in [0.1, 0.15) is 22.6 Å². The zero-order valence-corrected chi connectivity index (χ0v) is 18.6. The summed E-state index contributed by atoms with van der Waals surface area (Å²) in [5, 5.41) is 0. The molecule has 1 aromatic heterocycles. The van der Waals surface area contributed by atoms with Crippen LogP contribution in [0.5, 0.6) is 0 Å². The van der Waals surface area contributed by atoms with Gasteiger partial charge in [0.1, 0.15) is 18.1 Å². The lowest BCUT2D eigenvalue weighted by atomic mass is 10.1. The van der Waals surface area contributed by atoms with Crippen molar-refractivity contribution in [3.8, 4) is 0 Å². The van der Waals surface area contributed by atoms with Crippen LogP contribution in [0.3, 0.4) is 0 Å². The highest BCUT2D eigenvalue weighted by Crippen LogP contribution is 2.12. The number of benzene rings is 2. The molecule has 3 aromatic rings. The molecule has 2 amide bonds. The molecule has 3 rings (SSSR count). The van der Waals surface area contributed by atoms with Crippen molar-refractivity contribution >= 4 is 11.8 Å². The fraction of sp³-hybridized carbons (Fsp3) is 0.259. The van der Waals surface area contributed by atoms with Gasteiger partial charge in [-0.2, -0.15) is 0 Å². The van der Waals surface area contributed by atoms with E-state index in [0.29, 0.717) is 19.6 Å². The molecular weight excluding hydrogens is 400 g/mol. The van der Waals surface area contributed by atoms with Crippen LogP contribution < -0.4 is 0 Å². The van der Waals surface area contributed by atoms with Gasteiger partial charge in [0.05, 0.1) is 13.0 Å². The molecule has 5 heteroatoms. The van der Waals surface area contributed by atoms with E-state index in [1.807, 2.05) is 79.7 Å². The molecule has 0 saturated carbocycles. The van der Waals surface area contributed by atoms with Gasteiger partial charge < -0.3 is 14.2 Å². The molecule has 0 N–H and O–H groups in total. The van der Waals surface area contributed by atoms with Crippen LogP contribution >= 0.6 is 0 Å². The zero-order valence-electron chi connectivity index (χ0n) is 18.6. The molecule has 166 valence electrons. The number of hydrogen-bond donors (Lipinski definition) is 0. The average molecular weight is 431 g/mol. The number of furan rings is 1. The highest BCUT2D eigenvalue weighted by Gasteiger charge is 2.22. The lowest BCUT2D eigenvalue weighted by Gasteiger charge is -2.27. The highest BCUT2D eigenvalue weighted by molar-refractivity contribution is 5.86. The van der Waals surface area contributed by atoms with E-state index in [0.717, 1.165) is 29.1 Å². The van der Waals surface area contributed by atoms with E-state index in [1.54, 1.807) is 15.9 Å². The van der Waals surface area contributed by atoms with Crippen molar-refractivity contribution in [1.29, 1.82) is 0 Å². The van der Waals surface area contributed by atoms with Crippen molar-refractivity contribution in [1.82, 2.24) is 9.80 Å². The van der Waals surface area contributed by atoms with Gasteiger partial charge >= 0.3 is 0 Å². The first-order chi connectivity index (χ1) is 15.5. The Balaban J connectivity index is 1.70. The zero-order chi connectivity index (χ0) is 22.8. The number of amides is 2. The highest BCUT2D eigenvalue weighted by atomic mass is 16.3. The van der Waals surface area contributed by atoms with Crippen LogP contribution in [0.4, 0.5) is 0 Å². The summed E-state index contributed by atoms with van der Waals surface area (Å²) in [6.45, 7) is 6.88. The van der Waals surface area contributed by atoms with E-state index in [-0.39, 0.29) is 24.8 Å². The maximum atomic E-state index is 13.3. The average Bonchev–Trinajstić information content (AvgIpc) is 3.22. The first kappa shape index (κ1) is 23.1. The molecule has 0 bridgehead atoms. The summed E-state index contributed by atoms with van der Waals surface area (Å²) < 4.78 is 5.70. The summed E-state index contributed by atoms with van der Waals surface area (Å²) in [5.41, 5.74) is 2.08. The van der Waals surface area contributed by atoms with E-state index in [9.17, 15) is 9.59 Å². The molecule has 5 nitrogen and oxygen atoms in total. The third-order valence-electron chi connectivity index (χ3n) is 5.24. The fourth-order valence-corrected chi connectivity index (χ4v) is 3.51. The fourth-order valence-electron chi connectivity index (χ4n) is 3.51. The summed E-state index contributed by atoms with van der Waals surface area (Å²) in [5.74, 6) is 1.33. The molecule has 0 aliphatic rings. The number of carbonyl (C=O) groups excluding carboxylic acids is 2. The molecule has 0 unspecified atom stereocenters. The topological polar surface area (TPSA) is 53.8 Å². The maximum absolute atomic E-state index is 13.3. The molecule has 0 radical (unpaired) electrons. The Kier molecular flexibility index (Phi) is 8.44. The van der Waals surface area contributed by atoms with Crippen LogP contribution in [0.15, 0.2) is 89.9 Å². The number of hydrogen-bond acceptors (Lipinski definition) is 3. The molecule has 0 fully saturated rings. The molecule has 2 aromatic carbocycles. The van der Waals surface area contributed by atoms with E-state index in [2.05, 4.69) is 6.58 Å². The Bertz CT molecular complexity index is 1010. The van der Waals surface area contributed by atoms with E-state index >= 15 is 0 Å². The third kappa shape index (κ3) is 6.98. The largest absolute Gasteiger partial charge is 0.464 e. The number of nitrogens with zero attached hydrogens (tertiary/aromatic N) is 2. The molecule has 1 heterocycles. The Morgan fingerprint density at radius 3 is 2.12 bits per heavy atom. The van der Waals surface area contributed by atoms with Gasteiger partial charge in [0, 0.05) is 13.1 Å². The van der Waals surface area contributed by atoms with Crippen molar-refractivity contribution in [2.24, 2.45) is 0 Å². The van der Waals surface area contributed by atoms with Crippen LogP contribution in [-0.4, -0.2) is 41.2 Å². The number of carbonyl (C=O) groups is 2. The molecule has 0 spiro atoms. The van der Waals surface area contributed by atoms with Crippen LogP contribution in [0.2, 0.25) is 0 Å². The first-order valence-electron chi connectivity index (χ1n) is 10.8. The number of aryl methyl sites for hydroxylation is 1. The van der Waals surface area contributed by atoms with Crippen LogP contribution in [-0.2, 0) is 29.0 Å². The van der Waals surface area contributed by atoms with Crippen LogP contribution in [0.25, 0.3) is 0 Å². The van der Waals surface area contributed by atoms with Gasteiger partial charge in [-0.1, -0.05) is 66.7 Å². The van der Waals surface area contributed by atoms with Gasteiger partial charge in [0.25, 0.3) is 0 Å². The van der Waals surface area contributed by atoms with Crippen LogP contribution in [0, 0.1) is 6.92 Å². The predicted octanol–water partition coefficient (Wildman–Crippen LogP) is 4.42. The SMILES string of the molecule is C=CCN(CC(=O)N(CCc1ccccc1)Cc1ccc(C)o1)C(=O)Cc1ccccc1. The summed E-state index contributed by atoms with van der Waals surface area (Å²) >= 11 is 0. The number of rotatable bonds is 11. The maximum Gasteiger partial charge on any atom is 0.242 e. The van der Waals surface area contributed by atoms with Crippen molar-refractivity contribution in [2.75, 3.05) is 19.6 Å². The molecule has 0 atom stereocenters. The van der Waals surface area contributed by atoms with Crippen molar-refractivity contribution in [3.63, 3.8) is 0 Å². The van der Waals surface area contributed by atoms with Gasteiger partial charge in [-0.25, -0.2) is 0 Å². The Labute approximate surface area is 190 Å². The molecule has 0 saturated heterocycles. The van der Waals surface area contributed by atoms with Crippen molar-refractivity contribution < 1.29 is 14.0 Å². The smallest absolute Gasteiger partial charge is 0.242 e. The quantitative estimate of drug-likeness (QED) is 0.423. The normalized spacial score (nSPS) is 10.5. The summed E-state index contributed by atoms with van der Waals surface area (Å²) in [7, 11) is 0. The minimum Gasteiger partial charge on any atom is -0.464 e. The summed E-state index contributed by atoms with van der Waals surface area (Å²) in [6.07, 6.45) is 2.63. The van der Waals surface area contributed by atoms with Crippen molar-refractivity contribution in [3.05, 3.63) is 108 Å². The Morgan fingerprint density at radius 2 is 1.53 bits per heavy atom. The molecular formula is C27H30N2O3. The second kappa shape index (κ2) is 11.7. The standard InChI is InChI=1S/C27H30N2O3/c1-3-17-28(26(30)19-24-12-8-5-9-13-24)21-27(31)29(20-25-15-14-22(2)32-25)18-16-23-10-6-4-7-11-23/h3-15H,1,16-21H2,2H3. The lowest BCUT2D eigenvalue weighted by Crippen LogP contribution is -2.44. The second-order valence-corrected chi connectivity index (χ2v) is 7.79. The summed E-state index contributed by atoms with van der Waals surface area (Å²) in [4.78, 5) is 29.5. The predicted molar refractivity (Wildman–Crippen MR) is 126 cm³/mol.